The van der Waals surface area contributed by atoms with Crippen LogP contribution in [0.15, 0.2) is 0 Å². The molecule has 1 unspecified atom stereocenters. The average molecular weight is 257 g/mol. The van der Waals surface area contributed by atoms with Gasteiger partial charge in [0.25, 0.3) is 0 Å². The fourth-order valence-electron chi connectivity index (χ4n) is 0.266. The highest BCUT2D eigenvalue weighted by Crippen LogP contribution is 2.36. The van der Waals surface area contributed by atoms with Crippen molar-refractivity contribution in [2.24, 2.45) is 5.73 Å². The van der Waals surface area contributed by atoms with Gasteiger partial charge in [-0.2, -0.15) is 17.6 Å². The highest BCUT2D eigenvalue weighted by molar-refractivity contribution is 5.64. The average Bonchev–Trinajstić information content (AvgIpc) is 2.02. The normalized spacial score (nSPS) is 14.8. The summed E-state index contributed by atoms with van der Waals surface area (Å²) in [7, 11) is 0. The SMILES string of the molecule is CCOC(N)=O.OC(F)(C(F)F)C(F)(F)F. The van der Waals surface area contributed by atoms with Gasteiger partial charge in [0.05, 0.1) is 6.61 Å². The predicted octanol–water partition coefficient (Wildman–Crippen LogP) is 1.57. The van der Waals surface area contributed by atoms with Crippen LogP contribution >= 0.6 is 0 Å². The van der Waals surface area contributed by atoms with Gasteiger partial charge in [-0.15, -0.1) is 0 Å². The first-order valence-electron chi connectivity index (χ1n) is 3.65. The van der Waals surface area contributed by atoms with Crippen LogP contribution in [0.1, 0.15) is 6.92 Å². The number of primary amides is 1. The maximum atomic E-state index is 11.4. The van der Waals surface area contributed by atoms with Gasteiger partial charge in [-0.05, 0) is 6.92 Å². The molecular weight excluding hydrogens is 248 g/mol. The zero-order chi connectivity index (χ0) is 13.6. The molecule has 0 saturated carbocycles. The molecule has 0 bridgehead atoms. The van der Waals surface area contributed by atoms with E-state index in [0.717, 1.165) is 0 Å². The number of alkyl halides is 6. The Hall–Kier alpha value is -1.19. The van der Waals surface area contributed by atoms with Crippen LogP contribution < -0.4 is 5.73 Å². The second kappa shape index (κ2) is 6.40. The molecule has 0 spiro atoms. The van der Waals surface area contributed by atoms with E-state index in [2.05, 4.69) is 10.5 Å². The van der Waals surface area contributed by atoms with Crippen LogP contribution in [0.4, 0.5) is 31.1 Å². The molecule has 0 rings (SSSR count). The third kappa shape index (κ3) is 6.32. The number of carbonyl (C=O) groups excluding carboxylic acids is 1. The lowest BCUT2D eigenvalue weighted by molar-refractivity contribution is -0.352. The monoisotopic (exact) mass is 257 g/mol. The Kier molecular flexibility index (Phi) is 6.89. The van der Waals surface area contributed by atoms with Crippen molar-refractivity contribution >= 4 is 6.09 Å². The number of ether oxygens (including phenoxy) is 1. The number of rotatable bonds is 2. The lowest BCUT2D eigenvalue weighted by Crippen LogP contribution is -2.47. The van der Waals surface area contributed by atoms with E-state index < -0.39 is 24.5 Å². The fourth-order valence-corrected chi connectivity index (χ4v) is 0.266. The van der Waals surface area contributed by atoms with Crippen LogP contribution in [0.3, 0.4) is 0 Å². The van der Waals surface area contributed by atoms with Crippen molar-refractivity contribution in [1.82, 2.24) is 0 Å². The van der Waals surface area contributed by atoms with Gasteiger partial charge in [-0.3, -0.25) is 0 Å². The number of amides is 1. The molecule has 0 aliphatic rings. The first-order chi connectivity index (χ1) is 6.96. The summed E-state index contributed by atoms with van der Waals surface area (Å²) in [6.07, 6.45) is -11.1. The molecule has 16 heavy (non-hydrogen) atoms. The van der Waals surface area contributed by atoms with Crippen molar-refractivity contribution in [3.8, 4) is 0 Å². The van der Waals surface area contributed by atoms with Gasteiger partial charge in [0.1, 0.15) is 0 Å². The zero-order valence-electron chi connectivity index (χ0n) is 7.89. The van der Waals surface area contributed by atoms with Crippen molar-refractivity contribution in [3.05, 3.63) is 0 Å². The standard InChI is InChI=1S/C3H2F6O.C3H7NO2/c4-1(5)2(6,10)3(7,8)9;1-2-6-3(4)5/h1,10H;2H2,1H3,(H2,4,5). The third-order valence-electron chi connectivity index (χ3n) is 0.973. The van der Waals surface area contributed by atoms with Gasteiger partial charge in [0.2, 0.25) is 0 Å². The quantitative estimate of drug-likeness (QED) is 0.737. The van der Waals surface area contributed by atoms with E-state index in [1.54, 1.807) is 6.92 Å². The van der Waals surface area contributed by atoms with Crippen LogP contribution in [0, 0.1) is 0 Å². The summed E-state index contributed by atoms with van der Waals surface area (Å²) in [5.41, 5.74) is 4.54. The van der Waals surface area contributed by atoms with E-state index in [4.69, 9.17) is 5.11 Å². The lowest BCUT2D eigenvalue weighted by Gasteiger charge is -2.20. The minimum atomic E-state index is -5.94. The summed E-state index contributed by atoms with van der Waals surface area (Å²) >= 11 is 0. The molecule has 0 radical (unpaired) electrons. The summed E-state index contributed by atoms with van der Waals surface area (Å²) in [5.74, 6) is -5.40. The number of hydrogen-bond acceptors (Lipinski definition) is 3. The van der Waals surface area contributed by atoms with Crippen molar-refractivity contribution in [2.75, 3.05) is 6.61 Å². The van der Waals surface area contributed by atoms with Crippen LogP contribution in [0.25, 0.3) is 0 Å². The molecule has 0 heterocycles. The van der Waals surface area contributed by atoms with Crippen molar-refractivity contribution < 1.29 is 41.0 Å². The highest BCUT2D eigenvalue weighted by atomic mass is 19.4. The predicted molar refractivity (Wildman–Crippen MR) is 39.3 cm³/mol. The minimum Gasteiger partial charge on any atom is -0.450 e. The van der Waals surface area contributed by atoms with E-state index in [-0.39, 0.29) is 0 Å². The minimum absolute atomic E-state index is 0.356. The number of hydrogen-bond donors (Lipinski definition) is 2. The van der Waals surface area contributed by atoms with E-state index >= 15 is 0 Å². The zero-order valence-corrected chi connectivity index (χ0v) is 7.89. The molecule has 0 aromatic rings. The van der Waals surface area contributed by atoms with E-state index in [1.807, 2.05) is 0 Å². The summed E-state index contributed by atoms with van der Waals surface area (Å²) in [5, 5.41) is 7.39. The van der Waals surface area contributed by atoms with Gasteiger partial charge in [-0.1, -0.05) is 0 Å². The molecule has 1 atom stereocenters. The van der Waals surface area contributed by atoms with Crippen LogP contribution in [0.2, 0.25) is 0 Å². The molecule has 3 N–H and O–H groups in total. The molecule has 0 aromatic carbocycles. The summed E-state index contributed by atoms with van der Waals surface area (Å²) in [6.45, 7) is 2.06. The van der Waals surface area contributed by atoms with Crippen LogP contribution in [-0.2, 0) is 4.74 Å². The van der Waals surface area contributed by atoms with Gasteiger partial charge >= 0.3 is 24.5 Å². The molecule has 98 valence electrons. The summed E-state index contributed by atoms with van der Waals surface area (Å²) in [4.78, 5) is 9.60. The van der Waals surface area contributed by atoms with Crippen LogP contribution in [-0.4, -0.2) is 36.3 Å². The fraction of sp³-hybridized carbons (Fsp3) is 0.833. The van der Waals surface area contributed by atoms with E-state index in [1.165, 1.54) is 0 Å². The Morgan fingerprint density at radius 3 is 1.75 bits per heavy atom. The van der Waals surface area contributed by atoms with Crippen molar-refractivity contribution in [3.63, 3.8) is 0 Å². The van der Waals surface area contributed by atoms with Gasteiger partial charge in [0, 0.05) is 0 Å². The maximum absolute atomic E-state index is 11.4. The molecule has 0 aliphatic heterocycles. The molecule has 0 saturated heterocycles. The second-order valence-electron chi connectivity index (χ2n) is 2.22. The topological polar surface area (TPSA) is 72.5 Å². The summed E-state index contributed by atoms with van der Waals surface area (Å²) in [6, 6.07) is 0. The first-order valence-corrected chi connectivity index (χ1v) is 3.65. The maximum Gasteiger partial charge on any atom is 0.454 e. The highest BCUT2D eigenvalue weighted by Gasteiger charge is 2.62. The van der Waals surface area contributed by atoms with Crippen molar-refractivity contribution in [2.45, 2.75) is 25.4 Å². The number of halogens is 6. The van der Waals surface area contributed by atoms with E-state index in [0.29, 0.717) is 6.61 Å². The molecule has 0 aliphatic carbocycles. The third-order valence-corrected chi connectivity index (χ3v) is 0.973. The molecule has 4 nitrogen and oxygen atoms in total. The first kappa shape index (κ1) is 17.2. The Morgan fingerprint density at radius 1 is 1.38 bits per heavy atom. The lowest BCUT2D eigenvalue weighted by atomic mass is 10.3. The van der Waals surface area contributed by atoms with Crippen LogP contribution in [0.5, 0.6) is 0 Å². The molecule has 0 fully saturated rings. The number of carbonyl (C=O) groups is 1. The number of nitrogens with two attached hydrogens (primary N) is 1. The number of aliphatic hydroxyl groups is 1. The smallest absolute Gasteiger partial charge is 0.450 e. The molecule has 1 amide bonds. The molecule has 10 heteroatoms. The second-order valence-corrected chi connectivity index (χ2v) is 2.22. The Balaban J connectivity index is 0. The Morgan fingerprint density at radius 2 is 1.75 bits per heavy atom. The van der Waals surface area contributed by atoms with Gasteiger partial charge in [0.15, 0.2) is 0 Å². The van der Waals surface area contributed by atoms with E-state index in [9.17, 15) is 31.1 Å². The van der Waals surface area contributed by atoms with Gasteiger partial charge < -0.3 is 15.6 Å². The van der Waals surface area contributed by atoms with Crippen molar-refractivity contribution in [1.29, 1.82) is 0 Å². The van der Waals surface area contributed by atoms with Gasteiger partial charge in [-0.25, -0.2) is 13.6 Å². The Labute approximate surface area is 86.0 Å². The largest absolute Gasteiger partial charge is 0.454 e. The Bertz CT molecular complexity index is 217. The molecule has 0 aromatic heterocycles. The molecular formula is C6H9F6NO3. The summed E-state index contributed by atoms with van der Waals surface area (Å²) < 4.78 is 70.4.